The molecule has 1 aromatic heterocycles. The average molecular weight is 310 g/mol. The number of imidazole rings is 1. The molecule has 0 unspecified atom stereocenters. The zero-order chi connectivity index (χ0) is 15.9. The van der Waals surface area contributed by atoms with Gasteiger partial charge in [0.2, 0.25) is 0 Å². The van der Waals surface area contributed by atoms with Crippen LogP contribution in [-0.4, -0.2) is 60.7 Å². The van der Waals surface area contributed by atoms with Crippen LogP contribution in [0.1, 0.15) is 37.8 Å². The molecule has 0 atom stereocenters. The summed E-state index contributed by atoms with van der Waals surface area (Å²) in [6, 6.07) is 0. The predicted octanol–water partition coefficient (Wildman–Crippen LogP) is 0.712. The van der Waals surface area contributed by atoms with Crippen molar-refractivity contribution in [2.24, 2.45) is 11.5 Å². The Hall–Kier alpha value is -0.950. The van der Waals surface area contributed by atoms with Gasteiger partial charge < -0.3 is 26.7 Å². The lowest BCUT2D eigenvalue weighted by atomic mass is 10.2. The van der Waals surface area contributed by atoms with Gasteiger partial charge in [-0.05, 0) is 84.3 Å². The summed E-state index contributed by atoms with van der Waals surface area (Å²) in [5.41, 5.74) is 12.3. The Labute approximate surface area is 135 Å². The lowest BCUT2D eigenvalue weighted by Gasteiger charge is -2.22. The van der Waals surface area contributed by atoms with Crippen molar-refractivity contribution in [3.63, 3.8) is 0 Å². The van der Waals surface area contributed by atoms with Gasteiger partial charge in [0.05, 0.1) is 6.33 Å². The standard InChI is InChI=1S/C16H34N6/c17-7-1-2-11-22(13-5-10-19-9-4-8-18)12-3-6-16-14-20-15-21-16/h14-15,19H,1-13,17-18H2,(H,20,21). The fraction of sp³-hybridized carbons (Fsp3) is 0.812. The van der Waals surface area contributed by atoms with Crippen LogP contribution in [-0.2, 0) is 6.42 Å². The number of unbranched alkanes of at least 4 members (excludes halogenated alkanes) is 1. The van der Waals surface area contributed by atoms with Gasteiger partial charge in [-0.25, -0.2) is 4.98 Å². The van der Waals surface area contributed by atoms with Gasteiger partial charge >= 0.3 is 0 Å². The fourth-order valence-electron chi connectivity index (χ4n) is 2.51. The van der Waals surface area contributed by atoms with Gasteiger partial charge in [0, 0.05) is 11.9 Å². The molecule has 0 saturated carbocycles. The van der Waals surface area contributed by atoms with Crippen molar-refractivity contribution >= 4 is 0 Å². The normalized spacial score (nSPS) is 11.4. The molecular weight excluding hydrogens is 276 g/mol. The molecule has 0 bridgehead atoms. The zero-order valence-corrected chi connectivity index (χ0v) is 13.9. The van der Waals surface area contributed by atoms with Gasteiger partial charge in [0.1, 0.15) is 0 Å². The second kappa shape index (κ2) is 13.7. The van der Waals surface area contributed by atoms with Crippen LogP contribution in [0, 0.1) is 0 Å². The van der Waals surface area contributed by atoms with Crippen molar-refractivity contribution < 1.29 is 0 Å². The maximum Gasteiger partial charge on any atom is 0.0921 e. The lowest BCUT2D eigenvalue weighted by molar-refractivity contribution is 0.261. The van der Waals surface area contributed by atoms with Gasteiger partial charge in [-0.2, -0.15) is 0 Å². The first-order valence-corrected chi connectivity index (χ1v) is 8.67. The van der Waals surface area contributed by atoms with E-state index in [1.54, 1.807) is 6.33 Å². The number of aromatic nitrogens is 2. The van der Waals surface area contributed by atoms with Crippen LogP contribution in [0.4, 0.5) is 0 Å². The molecule has 128 valence electrons. The number of aromatic amines is 1. The highest BCUT2D eigenvalue weighted by Crippen LogP contribution is 2.02. The van der Waals surface area contributed by atoms with Gasteiger partial charge in [-0.1, -0.05) is 0 Å². The molecule has 6 heteroatoms. The Kier molecular flexibility index (Phi) is 11.9. The van der Waals surface area contributed by atoms with E-state index in [1.165, 1.54) is 25.0 Å². The smallest absolute Gasteiger partial charge is 0.0921 e. The van der Waals surface area contributed by atoms with E-state index in [0.717, 1.165) is 65.1 Å². The van der Waals surface area contributed by atoms with Crippen LogP contribution < -0.4 is 16.8 Å². The number of hydrogen-bond acceptors (Lipinski definition) is 5. The van der Waals surface area contributed by atoms with E-state index in [-0.39, 0.29) is 0 Å². The number of H-pyrrole nitrogens is 1. The summed E-state index contributed by atoms with van der Waals surface area (Å²) in [7, 11) is 0. The van der Waals surface area contributed by atoms with E-state index in [9.17, 15) is 0 Å². The molecule has 0 aliphatic carbocycles. The molecule has 0 radical (unpaired) electrons. The highest BCUT2D eigenvalue weighted by atomic mass is 15.1. The minimum Gasteiger partial charge on any atom is -0.348 e. The topological polar surface area (TPSA) is 96.0 Å². The molecule has 0 amide bonds. The summed E-state index contributed by atoms with van der Waals surface area (Å²) in [5.74, 6) is 0. The molecule has 22 heavy (non-hydrogen) atoms. The van der Waals surface area contributed by atoms with Gasteiger partial charge in [-0.3, -0.25) is 0 Å². The second-order valence-electron chi connectivity index (χ2n) is 5.76. The number of hydrogen-bond donors (Lipinski definition) is 4. The van der Waals surface area contributed by atoms with E-state index in [0.29, 0.717) is 0 Å². The Balaban J connectivity index is 2.14. The van der Waals surface area contributed by atoms with Crippen molar-refractivity contribution in [3.8, 4) is 0 Å². The largest absolute Gasteiger partial charge is 0.348 e. The molecule has 0 saturated heterocycles. The third-order valence-corrected chi connectivity index (χ3v) is 3.79. The minimum absolute atomic E-state index is 0.770. The summed E-state index contributed by atoms with van der Waals surface area (Å²) in [5, 5.41) is 3.45. The molecule has 6 nitrogen and oxygen atoms in total. The van der Waals surface area contributed by atoms with E-state index in [2.05, 4.69) is 20.2 Å². The van der Waals surface area contributed by atoms with Crippen molar-refractivity contribution in [3.05, 3.63) is 18.2 Å². The summed E-state index contributed by atoms with van der Waals surface area (Å²) < 4.78 is 0. The van der Waals surface area contributed by atoms with Crippen molar-refractivity contribution in [2.45, 2.75) is 38.5 Å². The summed E-state index contributed by atoms with van der Waals surface area (Å²) in [6.45, 7) is 7.13. The van der Waals surface area contributed by atoms with Crippen LogP contribution in [0.5, 0.6) is 0 Å². The molecule has 0 aliphatic heterocycles. The van der Waals surface area contributed by atoms with Gasteiger partial charge in [0.25, 0.3) is 0 Å². The Morgan fingerprint density at radius 2 is 1.68 bits per heavy atom. The quantitative estimate of drug-likeness (QED) is 0.358. The number of aryl methyl sites for hydroxylation is 1. The molecule has 0 aliphatic rings. The number of rotatable bonds is 15. The van der Waals surface area contributed by atoms with E-state index >= 15 is 0 Å². The van der Waals surface area contributed by atoms with Gasteiger partial charge in [-0.15, -0.1) is 0 Å². The maximum atomic E-state index is 5.60. The van der Waals surface area contributed by atoms with Crippen molar-refractivity contribution in [2.75, 3.05) is 45.8 Å². The molecule has 1 heterocycles. The zero-order valence-electron chi connectivity index (χ0n) is 13.9. The Bertz CT molecular complexity index is 327. The van der Waals surface area contributed by atoms with E-state index in [4.69, 9.17) is 11.5 Å². The van der Waals surface area contributed by atoms with Crippen molar-refractivity contribution in [1.82, 2.24) is 20.2 Å². The highest BCUT2D eigenvalue weighted by Gasteiger charge is 2.05. The fourth-order valence-corrected chi connectivity index (χ4v) is 2.51. The second-order valence-corrected chi connectivity index (χ2v) is 5.76. The number of nitrogens with two attached hydrogens (primary N) is 2. The number of nitrogens with one attached hydrogen (secondary N) is 2. The van der Waals surface area contributed by atoms with E-state index < -0.39 is 0 Å². The maximum absolute atomic E-state index is 5.60. The van der Waals surface area contributed by atoms with E-state index in [1.807, 2.05) is 6.20 Å². The van der Waals surface area contributed by atoms with Crippen LogP contribution >= 0.6 is 0 Å². The highest BCUT2D eigenvalue weighted by molar-refractivity contribution is 4.93. The molecular formula is C16H34N6. The predicted molar refractivity (Wildman–Crippen MR) is 92.8 cm³/mol. The van der Waals surface area contributed by atoms with Crippen LogP contribution in [0.25, 0.3) is 0 Å². The van der Waals surface area contributed by atoms with Crippen LogP contribution in [0.15, 0.2) is 12.5 Å². The van der Waals surface area contributed by atoms with Gasteiger partial charge in [0.15, 0.2) is 0 Å². The van der Waals surface area contributed by atoms with Crippen molar-refractivity contribution in [1.29, 1.82) is 0 Å². The molecule has 0 spiro atoms. The first-order chi connectivity index (χ1) is 10.9. The Morgan fingerprint density at radius 3 is 2.41 bits per heavy atom. The first-order valence-electron chi connectivity index (χ1n) is 8.67. The minimum atomic E-state index is 0.770. The third-order valence-electron chi connectivity index (χ3n) is 3.79. The molecule has 1 aromatic rings. The number of nitrogens with zero attached hydrogens (tertiary/aromatic N) is 2. The van der Waals surface area contributed by atoms with Crippen LogP contribution in [0.2, 0.25) is 0 Å². The molecule has 0 fully saturated rings. The van der Waals surface area contributed by atoms with Crippen LogP contribution in [0.3, 0.4) is 0 Å². The summed E-state index contributed by atoms with van der Waals surface area (Å²) in [4.78, 5) is 9.80. The molecule has 0 aromatic carbocycles. The monoisotopic (exact) mass is 310 g/mol. The SMILES string of the molecule is NCCCCN(CCCNCCCN)CCCc1cnc[nH]1. The Morgan fingerprint density at radius 1 is 0.955 bits per heavy atom. The lowest BCUT2D eigenvalue weighted by Crippen LogP contribution is -2.30. The third kappa shape index (κ3) is 9.89. The molecule has 6 N–H and O–H groups in total. The summed E-state index contributed by atoms with van der Waals surface area (Å²) in [6.07, 6.45) is 10.5. The first kappa shape index (κ1) is 19.1. The average Bonchev–Trinajstić information content (AvgIpc) is 3.03. The summed E-state index contributed by atoms with van der Waals surface area (Å²) >= 11 is 0. The molecule has 1 rings (SSSR count).